The van der Waals surface area contributed by atoms with Gasteiger partial charge in [-0.15, -0.1) is 6.58 Å². The number of fused-ring (bicyclic) bond motifs is 5. The minimum Gasteiger partial charge on any atom is -0.395 e. The molecule has 23 heavy (non-hydrogen) atoms. The van der Waals surface area contributed by atoms with Gasteiger partial charge in [0.05, 0.1) is 6.61 Å². The second kappa shape index (κ2) is 5.17. The summed E-state index contributed by atoms with van der Waals surface area (Å²) in [6.45, 7) is 6.72. The van der Waals surface area contributed by atoms with Gasteiger partial charge in [0.15, 0.2) is 5.78 Å². The first-order valence-electron chi connectivity index (χ1n) is 9.23. The summed E-state index contributed by atoms with van der Waals surface area (Å²) in [5.74, 6) is 2.68. The maximum atomic E-state index is 11.8. The molecule has 6 atom stereocenters. The molecule has 0 aliphatic heterocycles. The van der Waals surface area contributed by atoms with Crippen molar-refractivity contribution in [3.8, 4) is 0 Å². The summed E-state index contributed by atoms with van der Waals surface area (Å²) in [7, 11) is 0. The zero-order chi connectivity index (χ0) is 16.2. The van der Waals surface area contributed by atoms with E-state index in [0.29, 0.717) is 23.2 Å². The molecule has 4 aliphatic rings. The monoisotopic (exact) mass is 312 g/mol. The van der Waals surface area contributed by atoms with E-state index in [0.717, 1.165) is 12.3 Å². The smallest absolute Gasteiger partial charge is 0.178 e. The molecule has 0 spiro atoms. The molecule has 124 valence electrons. The second-order valence-corrected chi connectivity index (χ2v) is 8.48. The highest BCUT2D eigenvalue weighted by molar-refractivity contribution is 6.01. The van der Waals surface area contributed by atoms with Crippen molar-refractivity contribution < 1.29 is 9.90 Å². The van der Waals surface area contributed by atoms with Gasteiger partial charge in [0.25, 0.3) is 0 Å². The number of ketones is 1. The maximum Gasteiger partial charge on any atom is 0.178 e. The number of aliphatic hydroxyl groups is 1. The molecule has 1 N–H and O–H groups in total. The first-order chi connectivity index (χ1) is 11.0. The van der Waals surface area contributed by atoms with Gasteiger partial charge in [-0.2, -0.15) is 0 Å². The van der Waals surface area contributed by atoms with Crippen molar-refractivity contribution in [1.82, 2.24) is 0 Å². The molecule has 3 fully saturated rings. The lowest BCUT2D eigenvalue weighted by atomic mass is 9.47. The molecule has 0 unspecified atom stereocenters. The lowest BCUT2D eigenvalue weighted by Gasteiger charge is -2.57. The van der Waals surface area contributed by atoms with Crippen LogP contribution in [0, 0.1) is 34.5 Å². The lowest BCUT2D eigenvalue weighted by molar-refractivity contribution is -0.111. The molecular formula is C21H28O2. The van der Waals surface area contributed by atoms with E-state index in [9.17, 15) is 9.90 Å². The fourth-order valence-corrected chi connectivity index (χ4v) is 6.71. The standard InChI is InChI=1S/C21H28O2/c1-3-14-5-7-18-17-6-4-15-12-16(23)8-11-21(15,13-22)19(17)9-10-20(14,18)2/h3,8,11-12,14,17-19,22H,1,4-7,9-10,13H2,2H3/t14-,17-,18+,19-,20-,21-/m1/s1. The fraction of sp³-hybridized carbons (Fsp3) is 0.667. The number of hydrogen-bond donors (Lipinski definition) is 1. The minimum atomic E-state index is -0.260. The van der Waals surface area contributed by atoms with Crippen molar-refractivity contribution >= 4 is 5.78 Å². The zero-order valence-electron chi connectivity index (χ0n) is 14.1. The first-order valence-corrected chi connectivity index (χ1v) is 9.23. The summed E-state index contributed by atoms with van der Waals surface area (Å²) in [4.78, 5) is 11.8. The Bertz CT molecular complexity index is 601. The van der Waals surface area contributed by atoms with Gasteiger partial charge in [0.1, 0.15) is 0 Å². The summed E-state index contributed by atoms with van der Waals surface area (Å²) in [5.41, 5.74) is 1.33. The van der Waals surface area contributed by atoms with Gasteiger partial charge < -0.3 is 5.11 Å². The zero-order valence-corrected chi connectivity index (χ0v) is 14.1. The Morgan fingerprint density at radius 2 is 2.13 bits per heavy atom. The van der Waals surface area contributed by atoms with E-state index in [1.165, 1.54) is 37.7 Å². The molecular weight excluding hydrogens is 284 g/mol. The molecule has 4 aliphatic carbocycles. The average molecular weight is 312 g/mol. The highest BCUT2D eigenvalue weighted by Crippen LogP contribution is 2.66. The lowest BCUT2D eigenvalue weighted by Crippen LogP contribution is -2.51. The van der Waals surface area contributed by atoms with Crippen LogP contribution >= 0.6 is 0 Å². The molecule has 4 rings (SSSR count). The van der Waals surface area contributed by atoms with Gasteiger partial charge >= 0.3 is 0 Å². The molecule has 0 radical (unpaired) electrons. The topological polar surface area (TPSA) is 37.3 Å². The molecule has 2 heteroatoms. The van der Waals surface area contributed by atoms with Crippen LogP contribution in [0.15, 0.2) is 36.5 Å². The maximum absolute atomic E-state index is 11.8. The van der Waals surface area contributed by atoms with Crippen LogP contribution in [0.1, 0.15) is 45.4 Å². The van der Waals surface area contributed by atoms with Crippen LogP contribution in [-0.4, -0.2) is 17.5 Å². The van der Waals surface area contributed by atoms with Crippen molar-refractivity contribution in [2.24, 2.45) is 34.5 Å². The number of hydrogen-bond acceptors (Lipinski definition) is 2. The third kappa shape index (κ3) is 1.94. The predicted octanol–water partition coefficient (Wildman–Crippen LogP) is 4.07. The van der Waals surface area contributed by atoms with Gasteiger partial charge in [0, 0.05) is 5.41 Å². The Morgan fingerprint density at radius 3 is 2.87 bits per heavy atom. The number of rotatable bonds is 2. The van der Waals surface area contributed by atoms with Crippen LogP contribution in [0.25, 0.3) is 0 Å². The summed E-state index contributed by atoms with van der Waals surface area (Å²) in [6, 6.07) is 0. The Kier molecular flexibility index (Phi) is 3.46. The van der Waals surface area contributed by atoms with E-state index >= 15 is 0 Å². The van der Waals surface area contributed by atoms with E-state index in [1.54, 1.807) is 12.2 Å². The van der Waals surface area contributed by atoms with Crippen LogP contribution < -0.4 is 0 Å². The summed E-state index contributed by atoms with van der Waals surface area (Å²) < 4.78 is 0. The number of carbonyl (C=O) groups is 1. The quantitative estimate of drug-likeness (QED) is 0.780. The van der Waals surface area contributed by atoms with Crippen molar-refractivity contribution in [1.29, 1.82) is 0 Å². The molecule has 0 aromatic heterocycles. The van der Waals surface area contributed by atoms with Crippen LogP contribution in [0.5, 0.6) is 0 Å². The Morgan fingerprint density at radius 1 is 1.30 bits per heavy atom. The SMILES string of the molecule is C=C[C@@H]1CC[C@H]2[C@H]3CCC4=CC(=O)C=C[C@]4(CO)[C@@H]3CC[C@]12C. The number of allylic oxidation sites excluding steroid dienone is 3. The van der Waals surface area contributed by atoms with E-state index in [1.807, 2.05) is 6.08 Å². The van der Waals surface area contributed by atoms with Crippen LogP contribution in [0.3, 0.4) is 0 Å². The third-order valence-corrected chi connectivity index (χ3v) is 7.92. The molecule has 0 bridgehead atoms. The van der Waals surface area contributed by atoms with Gasteiger partial charge in [-0.1, -0.05) is 24.6 Å². The van der Waals surface area contributed by atoms with Gasteiger partial charge in [-0.3, -0.25) is 4.79 Å². The Hall–Kier alpha value is -1.15. The predicted molar refractivity (Wildman–Crippen MR) is 91.7 cm³/mol. The van der Waals surface area contributed by atoms with Crippen LogP contribution in [-0.2, 0) is 4.79 Å². The molecule has 0 aromatic rings. The average Bonchev–Trinajstić information content (AvgIpc) is 2.90. The second-order valence-electron chi connectivity index (χ2n) is 8.48. The van der Waals surface area contributed by atoms with Crippen molar-refractivity contribution in [2.45, 2.75) is 45.4 Å². The van der Waals surface area contributed by atoms with E-state index in [-0.39, 0.29) is 17.8 Å². The third-order valence-electron chi connectivity index (χ3n) is 7.92. The molecule has 0 heterocycles. The first kappa shape index (κ1) is 15.4. The summed E-state index contributed by atoms with van der Waals surface area (Å²) >= 11 is 0. The molecule has 0 aromatic carbocycles. The largest absolute Gasteiger partial charge is 0.395 e. The van der Waals surface area contributed by atoms with Crippen molar-refractivity contribution in [3.63, 3.8) is 0 Å². The molecule has 0 saturated heterocycles. The summed E-state index contributed by atoms with van der Waals surface area (Å²) in [6.07, 6.45) is 14.9. The normalized spacial score (nSPS) is 48.3. The molecule has 2 nitrogen and oxygen atoms in total. The van der Waals surface area contributed by atoms with Gasteiger partial charge in [0.2, 0.25) is 0 Å². The van der Waals surface area contributed by atoms with Gasteiger partial charge in [-0.25, -0.2) is 0 Å². The highest BCUT2D eigenvalue weighted by atomic mass is 16.3. The Labute approximate surface area is 139 Å². The summed E-state index contributed by atoms with van der Waals surface area (Å²) in [5, 5.41) is 10.3. The van der Waals surface area contributed by atoms with E-state index in [2.05, 4.69) is 19.6 Å². The van der Waals surface area contributed by atoms with E-state index in [4.69, 9.17) is 0 Å². The van der Waals surface area contributed by atoms with Crippen LogP contribution in [0.4, 0.5) is 0 Å². The number of aliphatic hydroxyl groups excluding tert-OH is 1. The van der Waals surface area contributed by atoms with E-state index < -0.39 is 0 Å². The van der Waals surface area contributed by atoms with Crippen molar-refractivity contribution in [2.75, 3.05) is 6.61 Å². The van der Waals surface area contributed by atoms with Crippen molar-refractivity contribution in [3.05, 3.63) is 36.5 Å². The van der Waals surface area contributed by atoms with Gasteiger partial charge in [-0.05, 0) is 79.8 Å². The fourth-order valence-electron chi connectivity index (χ4n) is 6.71. The molecule has 0 amide bonds. The highest BCUT2D eigenvalue weighted by Gasteiger charge is 2.58. The van der Waals surface area contributed by atoms with Crippen LogP contribution in [0.2, 0.25) is 0 Å². The number of carbonyl (C=O) groups excluding carboxylic acids is 1. The Balaban J connectivity index is 1.72. The minimum absolute atomic E-state index is 0.0933. The molecule has 3 saturated carbocycles.